The molecule has 1 atom stereocenters. The molecule has 0 heterocycles. The van der Waals surface area contributed by atoms with Crippen LogP contribution in [0.5, 0.6) is 5.75 Å². The minimum atomic E-state index is -0.590. The Hall–Kier alpha value is -1.20. The largest absolute Gasteiger partial charge is 0.508 e. The summed E-state index contributed by atoms with van der Waals surface area (Å²) >= 11 is 1.53. The fourth-order valence-electron chi connectivity index (χ4n) is 1.17. The molecule has 0 aliphatic rings. The molecule has 16 heavy (non-hydrogen) atoms. The van der Waals surface area contributed by atoms with E-state index in [-0.39, 0.29) is 5.75 Å². The Labute approximate surface area is 98.8 Å². The summed E-state index contributed by atoms with van der Waals surface area (Å²) in [5.41, 5.74) is 6.58. The molecule has 1 aromatic carbocycles. The van der Waals surface area contributed by atoms with Crippen LogP contribution in [-0.4, -0.2) is 30.0 Å². The van der Waals surface area contributed by atoms with Crippen molar-refractivity contribution in [1.82, 2.24) is 0 Å². The van der Waals surface area contributed by atoms with Gasteiger partial charge in [-0.2, -0.15) is 11.8 Å². The lowest BCUT2D eigenvalue weighted by Crippen LogP contribution is -2.33. The summed E-state index contributed by atoms with van der Waals surface area (Å²) in [6, 6.07) is 6.42. The van der Waals surface area contributed by atoms with Crippen LogP contribution < -0.4 is 5.73 Å². The predicted molar refractivity (Wildman–Crippen MR) is 64.3 cm³/mol. The minimum Gasteiger partial charge on any atom is -0.508 e. The molecule has 0 radical (unpaired) electrons. The zero-order valence-corrected chi connectivity index (χ0v) is 9.87. The first-order valence-corrected chi connectivity index (χ1v) is 5.98. The van der Waals surface area contributed by atoms with E-state index in [9.17, 15) is 9.90 Å². The quantitative estimate of drug-likeness (QED) is 0.756. The van der Waals surface area contributed by atoms with E-state index in [1.165, 1.54) is 18.9 Å². The number of aromatic hydroxyl groups is 1. The van der Waals surface area contributed by atoms with E-state index < -0.39 is 12.0 Å². The fourth-order valence-corrected chi connectivity index (χ4v) is 2.09. The van der Waals surface area contributed by atoms with Gasteiger partial charge in [0.05, 0.1) is 7.11 Å². The van der Waals surface area contributed by atoms with Gasteiger partial charge in [-0.15, -0.1) is 0 Å². The van der Waals surface area contributed by atoms with Gasteiger partial charge in [-0.25, -0.2) is 0 Å². The highest BCUT2D eigenvalue weighted by molar-refractivity contribution is 7.98. The van der Waals surface area contributed by atoms with Crippen molar-refractivity contribution in [2.24, 2.45) is 5.73 Å². The Morgan fingerprint density at radius 3 is 3.00 bits per heavy atom. The van der Waals surface area contributed by atoms with Crippen molar-refractivity contribution in [3.8, 4) is 5.75 Å². The lowest BCUT2D eigenvalue weighted by molar-refractivity contribution is -0.141. The van der Waals surface area contributed by atoms with E-state index in [0.29, 0.717) is 11.5 Å². The molecule has 0 bridgehead atoms. The molecule has 0 amide bonds. The van der Waals surface area contributed by atoms with Crippen LogP contribution in [-0.2, 0) is 15.3 Å². The smallest absolute Gasteiger partial charge is 0.323 e. The van der Waals surface area contributed by atoms with Gasteiger partial charge in [0.2, 0.25) is 0 Å². The molecule has 0 aliphatic carbocycles. The van der Waals surface area contributed by atoms with Crippen LogP contribution >= 0.6 is 11.8 Å². The summed E-state index contributed by atoms with van der Waals surface area (Å²) in [5.74, 6) is 1.06. The number of methoxy groups -OCH3 is 1. The zero-order chi connectivity index (χ0) is 12.0. The van der Waals surface area contributed by atoms with Crippen LogP contribution in [0.1, 0.15) is 5.56 Å². The number of carbonyl (C=O) groups excluding carboxylic acids is 1. The average molecular weight is 241 g/mol. The zero-order valence-electron chi connectivity index (χ0n) is 9.05. The van der Waals surface area contributed by atoms with Gasteiger partial charge in [0.1, 0.15) is 11.8 Å². The lowest BCUT2D eigenvalue weighted by atomic mass is 10.2. The molecule has 3 N–H and O–H groups in total. The van der Waals surface area contributed by atoms with E-state index in [4.69, 9.17) is 5.73 Å². The van der Waals surface area contributed by atoms with E-state index in [1.807, 2.05) is 6.07 Å². The maximum atomic E-state index is 11.0. The summed E-state index contributed by atoms with van der Waals surface area (Å²) in [6.07, 6.45) is 0. The number of rotatable bonds is 5. The number of nitrogens with two attached hydrogens (primary N) is 1. The Morgan fingerprint density at radius 2 is 2.38 bits per heavy atom. The first-order valence-electron chi connectivity index (χ1n) is 4.82. The molecule has 1 aromatic rings. The van der Waals surface area contributed by atoms with Crippen LogP contribution in [0, 0.1) is 0 Å². The number of esters is 1. The van der Waals surface area contributed by atoms with E-state index >= 15 is 0 Å². The topological polar surface area (TPSA) is 72.5 Å². The van der Waals surface area contributed by atoms with Crippen LogP contribution in [0.4, 0.5) is 0 Å². The number of benzene rings is 1. The van der Waals surface area contributed by atoms with Gasteiger partial charge in [0.15, 0.2) is 0 Å². The maximum Gasteiger partial charge on any atom is 0.323 e. The molecule has 4 nitrogen and oxygen atoms in total. The second kappa shape index (κ2) is 6.40. The molecule has 0 saturated carbocycles. The van der Waals surface area contributed by atoms with Crippen molar-refractivity contribution in [3.63, 3.8) is 0 Å². The molecule has 88 valence electrons. The molecule has 5 heteroatoms. The van der Waals surface area contributed by atoms with E-state index in [2.05, 4.69) is 4.74 Å². The standard InChI is InChI=1S/C11H15NO3S/c1-15-11(14)10(12)7-16-6-8-3-2-4-9(13)5-8/h2-5,10,13H,6-7,12H2,1H3. The van der Waals surface area contributed by atoms with Crippen molar-refractivity contribution in [2.75, 3.05) is 12.9 Å². The first-order chi connectivity index (χ1) is 7.63. The third-order valence-electron chi connectivity index (χ3n) is 1.98. The molecule has 0 saturated heterocycles. The second-order valence-electron chi connectivity index (χ2n) is 3.31. The minimum absolute atomic E-state index is 0.246. The average Bonchev–Trinajstić information content (AvgIpc) is 2.28. The third kappa shape index (κ3) is 4.12. The van der Waals surface area contributed by atoms with E-state index in [0.717, 1.165) is 5.56 Å². The van der Waals surface area contributed by atoms with Gasteiger partial charge < -0.3 is 15.6 Å². The van der Waals surface area contributed by atoms with Crippen molar-refractivity contribution < 1.29 is 14.6 Å². The lowest BCUT2D eigenvalue weighted by Gasteiger charge is -2.08. The Kier molecular flexibility index (Phi) is 5.14. The summed E-state index contributed by atoms with van der Waals surface area (Å²) in [6.45, 7) is 0. The Morgan fingerprint density at radius 1 is 1.62 bits per heavy atom. The second-order valence-corrected chi connectivity index (χ2v) is 4.34. The van der Waals surface area contributed by atoms with Crippen LogP contribution in [0.15, 0.2) is 24.3 Å². The van der Waals surface area contributed by atoms with Crippen LogP contribution in [0.3, 0.4) is 0 Å². The third-order valence-corrected chi connectivity index (χ3v) is 3.11. The molecule has 0 aliphatic heterocycles. The van der Waals surface area contributed by atoms with Gasteiger partial charge in [0, 0.05) is 11.5 Å². The number of ether oxygens (including phenoxy) is 1. The van der Waals surface area contributed by atoms with Gasteiger partial charge in [0.25, 0.3) is 0 Å². The summed E-state index contributed by atoms with van der Waals surface area (Å²) in [5, 5.41) is 9.24. The monoisotopic (exact) mass is 241 g/mol. The fraction of sp³-hybridized carbons (Fsp3) is 0.364. The number of phenolic OH excluding ortho intramolecular Hbond substituents is 1. The van der Waals surface area contributed by atoms with Gasteiger partial charge in [-0.3, -0.25) is 4.79 Å². The predicted octanol–water partition coefficient (Wildman–Crippen LogP) is 1.13. The van der Waals surface area contributed by atoms with E-state index in [1.54, 1.807) is 18.2 Å². The van der Waals surface area contributed by atoms with Gasteiger partial charge >= 0.3 is 5.97 Å². The number of hydrogen-bond donors (Lipinski definition) is 2. The summed E-state index contributed by atoms with van der Waals surface area (Å²) < 4.78 is 4.52. The Balaban J connectivity index is 2.33. The summed E-state index contributed by atoms with van der Waals surface area (Å²) in [4.78, 5) is 11.0. The number of carbonyl (C=O) groups is 1. The van der Waals surface area contributed by atoms with Gasteiger partial charge in [-0.05, 0) is 17.7 Å². The molecule has 0 spiro atoms. The van der Waals surface area contributed by atoms with Crippen molar-refractivity contribution in [3.05, 3.63) is 29.8 Å². The van der Waals surface area contributed by atoms with Crippen molar-refractivity contribution in [1.29, 1.82) is 0 Å². The van der Waals surface area contributed by atoms with Crippen LogP contribution in [0.25, 0.3) is 0 Å². The number of phenols is 1. The van der Waals surface area contributed by atoms with Crippen molar-refractivity contribution in [2.45, 2.75) is 11.8 Å². The first kappa shape index (κ1) is 12.9. The normalized spacial score (nSPS) is 12.1. The SMILES string of the molecule is COC(=O)C(N)CSCc1cccc(O)c1. The number of thioether (sulfide) groups is 1. The highest BCUT2D eigenvalue weighted by atomic mass is 32.2. The molecule has 0 fully saturated rings. The molecular formula is C11H15NO3S. The maximum absolute atomic E-state index is 11.0. The molecule has 1 unspecified atom stereocenters. The number of hydrogen-bond acceptors (Lipinski definition) is 5. The molecule has 0 aromatic heterocycles. The van der Waals surface area contributed by atoms with Gasteiger partial charge in [-0.1, -0.05) is 12.1 Å². The highest BCUT2D eigenvalue weighted by Gasteiger charge is 2.12. The van der Waals surface area contributed by atoms with Crippen LogP contribution in [0.2, 0.25) is 0 Å². The van der Waals surface area contributed by atoms with Crippen molar-refractivity contribution >= 4 is 17.7 Å². The Bertz CT molecular complexity index is 357. The highest BCUT2D eigenvalue weighted by Crippen LogP contribution is 2.17. The molecule has 1 rings (SSSR count). The summed E-state index contributed by atoms with van der Waals surface area (Å²) in [7, 11) is 1.32. The molecular weight excluding hydrogens is 226 g/mol.